The highest BCUT2D eigenvalue weighted by Gasteiger charge is 2.24. The maximum atomic E-state index is 12.5. The molecule has 34 heavy (non-hydrogen) atoms. The molecule has 2 aromatic carbocycles. The number of carboxylic acid groups (broad SMARTS) is 1. The monoisotopic (exact) mass is 498 g/mol. The van der Waals surface area contributed by atoms with E-state index in [9.17, 15) is 19.5 Å². The van der Waals surface area contributed by atoms with Gasteiger partial charge in [0.25, 0.3) is 5.91 Å². The largest absolute Gasteiger partial charge is 0.480 e. The van der Waals surface area contributed by atoms with Crippen molar-refractivity contribution in [3.8, 4) is 0 Å². The lowest BCUT2D eigenvalue weighted by Crippen LogP contribution is -2.41. The number of aryl methyl sites for hydroxylation is 1. The Kier molecular flexibility index (Phi) is 9.19. The van der Waals surface area contributed by atoms with Crippen LogP contribution >= 0.6 is 23.2 Å². The van der Waals surface area contributed by atoms with Gasteiger partial charge in [0, 0.05) is 31.2 Å². The van der Waals surface area contributed by atoms with Gasteiger partial charge in [-0.15, -0.1) is 0 Å². The van der Waals surface area contributed by atoms with E-state index in [2.05, 4.69) is 10.3 Å². The van der Waals surface area contributed by atoms with E-state index in [1.165, 1.54) is 12.1 Å². The van der Waals surface area contributed by atoms with E-state index >= 15 is 0 Å². The first-order chi connectivity index (χ1) is 16.3. The molecular formula is C26H24Cl2N2O4. The Balaban J connectivity index is 1.48. The van der Waals surface area contributed by atoms with Gasteiger partial charge >= 0.3 is 5.97 Å². The molecular weight excluding hydrogens is 475 g/mol. The molecule has 0 aliphatic rings. The van der Waals surface area contributed by atoms with Crippen molar-refractivity contribution in [2.75, 3.05) is 0 Å². The van der Waals surface area contributed by atoms with E-state index in [0.717, 1.165) is 23.2 Å². The molecule has 0 saturated heterocycles. The van der Waals surface area contributed by atoms with Crippen molar-refractivity contribution in [2.45, 2.75) is 38.1 Å². The predicted octanol–water partition coefficient (Wildman–Crippen LogP) is 5.14. The number of hydrogen-bond acceptors (Lipinski definition) is 4. The lowest BCUT2D eigenvalue weighted by molar-refractivity contribution is -0.139. The Bertz CT molecular complexity index is 1130. The number of nitrogens with zero attached hydrogens (tertiary/aromatic N) is 1. The van der Waals surface area contributed by atoms with Gasteiger partial charge < -0.3 is 10.4 Å². The first kappa shape index (κ1) is 25.4. The van der Waals surface area contributed by atoms with Gasteiger partial charge in [0.15, 0.2) is 0 Å². The van der Waals surface area contributed by atoms with Gasteiger partial charge in [-0.2, -0.15) is 0 Å². The molecule has 1 heterocycles. The third-order valence-electron chi connectivity index (χ3n) is 5.33. The number of benzene rings is 2. The van der Waals surface area contributed by atoms with Crippen LogP contribution in [-0.4, -0.2) is 33.8 Å². The third kappa shape index (κ3) is 7.40. The van der Waals surface area contributed by atoms with Gasteiger partial charge in [-0.1, -0.05) is 59.6 Å². The van der Waals surface area contributed by atoms with Crippen LogP contribution in [0.15, 0.2) is 66.9 Å². The summed E-state index contributed by atoms with van der Waals surface area (Å²) in [4.78, 5) is 40.7. The highest BCUT2D eigenvalue weighted by Crippen LogP contribution is 2.24. The first-order valence-electron chi connectivity index (χ1n) is 10.8. The summed E-state index contributed by atoms with van der Waals surface area (Å²) in [6.45, 7) is 0. The normalized spacial score (nSPS) is 11.6. The fraction of sp³-hybridized carbons (Fsp3) is 0.231. The van der Waals surface area contributed by atoms with Crippen molar-refractivity contribution in [1.82, 2.24) is 10.3 Å². The van der Waals surface area contributed by atoms with E-state index in [-0.39, 0.29) is 40.7 Å². The fourth-order valence-electron chi connectivity index (χ4n) is 3.45. The first-order valence-corrected chi connectivity index (χ1v) is 11.6. The highest BCUT2D eigenvalue weighted by molar-refractivity contribution is 6.39. The summed E-state index contributed by atoms with van der Waals surface area (Å²) in [7, 11) is 0. The zero-order chi connectivity index (χ0) is 24.5. The SMILES string of the molecule is O=C(CCc1ccc(Cc2ccccn2)cc1)CC[C@H](NC(=O)c1c(Cl)cccc1Cl)C(=O)O. The molecule has 0 saturated carbocycles. The van der Waals surface area contributed by atoms with Crippen molar-refractivity contribution in [3.63, 3.8) is 0 Å². The number of aliphatic carboxylic acids is 1. The molecule has 3 aromatic rings. The van der Waals surface area contributed by atoms with Gasteiger partial charge in [-0.3, -0.25) is 14.6 Å². The average molecular weight is 499 g/mol. The highest BCUT2D eigenvalue weighted by atomic mass is 35.5. The minimum atomic E-state index is -1.23. The number of carbonyl (C=O) groups is 3. The van der Waals surface area contributed by atoms with Crippen LogP contribution in [-0.2, 0) is 22.4 Å². The zero-order valence-corrected chi connectivity index (χ0v) is 19.9. The predicted molar refractivity (Wildman–Crippen MR) is 131 cm³/mol. The van der Waals surface area contributed by atoms with E-state index in [0.29, 0.717) is 6.42 Å². The standard InChI is InChI=1S/C26H24Cl2N2O4/c27-21-5-3-6-22(28)24(21)25(32)30-23(26(33)34)14-13-20(31)12-11-17-7-9-18(10-8-17)16-19-4-1-2-15-29-19/h1-10,15,23H,11-14,16H2,(H,30,32)(H,33,34)/t23-/m0/s1. The van der Waals surface area contributed by atoms with Gasteiger partial charge in [0.1, 0.15) is 11.8 Å². The number of halogens is 2. The van der Waals surface area contributed by atoms with Crippen LogP contribution in [0.4, 0.5) is 0 Å². The summed E-state index contributed by atoms with van der Waals surface area (Å²) in [5, 5.41) is 12.1. The van der Waals surface area contributed by atoms with Gasteiger partial charge in [-0.05, 0) is 48.2 Å². The molecule has 6 nitrogen and oxygen atoms in total. The van der Waals surface area contributed by atoms with Crippen LogP contribution in [0.3, 0.4) is 0 Å². The molecule has 0 bridgehead atoms. The summed E-state index contributed by atoms with van der Waals surface area (Å²) >= 11 is 12.0. The maximum Gasteiger partial charge on any atom is 0.326 e. The van der Waals surface area contributed by atoms with Crippen LogP contribution in [0.5, 0.6) is 0 Å². The Morgan fingerprint density at radius 1 is 0.882 bits per heavy atom. The Labute approximate surface area is 207 Å². The van der Waals surface area contributed by atoms with Gasteiger partial charge in [0.05, 0.1) is 15.6 Å². The van der Waals surface area contributed by atoms with E-state index in [4.69, 9.17) is 23.2 Å². The Hall–Kier alpha value is -3.22. The number of carboxylic acids is 1. The lowest BCUT2D eigenvalue weighted by atomic mass is 10.0. The smallest absolute Gasteiger partial charge is 0.326 e. The molecule has 0 unspecified atom stereocenters. The number of amides is 1. The van der Waals surface area contributed by atoms with Crippen LogP contribution < -0.4 is 5.32 Å². The molecule has 176 valence electrons. The van der Waals surface area contributed by atoms with Crippen molar-refractivity contribution in [3.05, 3.63) is 99.3 Å². The fourth-order valence-corrected chi connectivity index (χ4v) is 4.02. The second-order valence-corrected chi connectivity index (χ2v) is 8.67. The van der Waals surface area contributed by atoms with Crippen molar-refractivity contribution < 1.29 is 19.5 Å². The van der Waals surface area contributed by atoms with E-state index < -0.39 is 17.9 Å². The minimum Gasteiger partial charge on any atom is -0.480 e. The lowest BCUT2D eigenvalue weighted by Gasteiger charge is -2.15. The molecule has 0 spiro atoms. The maximum absolute atomic E-state index is 12.5. The molecule has 3 rings (SSSR count). The molecule has 0 aliphatic heterocycles. The zero-order valence-electron chi connectivity index (χ0n) is 18.3. The number of Topliss-reactive ketones (excluding diaryl/α,β-unsaturated/α-hetero) is 1. The summed E-state index contributed by atoms with van der Waals surface area (Å²) in [5.74, 6) is -2.00. The van der Waals surface area contributed by atoms with Gasteiger partial charge in [-0.25, -0.2) is 4.79 Å². The van der Waals surface area contributed by atoms with E-state index in [1.54, 1.807) is 12.3 Å². The number of nitrogens with one attached hydrogen (secondary N) is 1. The molecule has 1 amide bonds. The molecule has 0 aliphatic carbocycles. The van der Waals surface area contributed by atoms with Crippen molar-refractivity contribution in [2.24, 2.45) is 0 Å². The average Bonchev–Trinajstić information content (AvgIpc) is 2.81. The number of carbonyl (C=O) groups excluding carboxylic acids is 2. The summed E-state index contributed by atoms with van der Waals surface area (Å²) in [5.41, 5.74) is 3.15. The molecule has 8 heteroatoms. The second-order valence-electron chi connectivity index (χ2n) is 7.85. The summed E-state index contributed by atoms with van der Waals surface area (Å²) in [6, 6.07) is 17.2. The van der Waals surface area contributed by atoms with Crippen LogP contribution in [0.1, 0.15) is 46.4 Å². The quantitative estimate of drug-likeness (QED) is 0.381. The topological polar surface area (TPSA) is 96.4 Å². The van der Waals surface area contributed by atoms with Crippen LogP contribution in [0, 0.1) is 0 Å². The minimum absolute atomic E-state index is 0.00917. The second kappa shape index (κ2) is 12.3. The molecule has 0 fully saturated rings. The van der Waals surface area contributed by atoms with Crippen LogP contribution in [0.2, 0.25) is 10.0 Å². The third-order valence-corrected chi connectivity index (χ3v) is 5.96. The summed E-state index contributed by atoms with van der Waals surface area (Å²) < 4.78 is 0. The Morgan fingerprint density at radius 2 is 1.56 bits per heavy atom. The molecule has 1 aromatic heterocycles. The van der Waals surface area contributed by atoms with Crippen LogP contribution in [0.25, 0.3) is 0 Å². The number of ketones is 1. The molecule has 1 atom stereocenters. The number of rotatable bonds is 11. The van der Waals surface area contributed by atoms with E-state index in [1.807, 2.05) is 42.5 Å². The number of pyridine rings is 1. The number of hydrogen-bond donors (Lipinski definition) is 2. The molecule has 2 N–H and O–H groups in total. The number of aromatic nitrogens is 1. The Morgan fingerprint density at radius 3 is 2.18 bits per heavy atom. The summed E-state index contributed by atoms with van der Waals surface area (Å²) in [6.07, 6.45) is 3.36. The van der Waals surface area contributed by atoms with Gasteiger partial charge in [0.2, 0.25) is 0 Å². The van der Waals surface area contributed by atoms with Crippen molar-refractivity contribution in [1.29, 1.82) is 0 Å². The van der Waals surface area contributed by atoms with Crippen molar-refractivity contribution >= 4 is 40.9 Å². The molecule has 0 radical (unpaired) electrons.